The molecule has 0 bridgehead atoms. The number of amides is 1. The SMILES string of the molecule is CNC(=O)c1cnc(Nc2cc(=O)n(C)cn2)cc1Nc1cccc(-c2ncc(F)cn2)c1OC. The molecular formula is C23H21FN8O3. The lowest BCUT2D eigenvalue weighted by Gasteiger charge is -2.17. The molecule has 0 aliphatic carbocycles. The average Bonchev–Trinajstić information content (AvgIpc) is 2.86. The number of pyridine rings is 1. The van der Waals surface area contributed by atoms with Crippen LogP contribution in [0.3, 0.4) is 0 Å². The van der Waals surface area contributed by atoms with E-state index in [-0.39, 0.29) is 22.9 Å². The lowest BCUT2D eigenvalue weighted by atomic mass is 10.1. The van der Waals surface area contributed by atoms with Crippen molar-refractivity contribution in [3.8, 4) is 17.1 Å². The van der Waals surface area contributed by atoms with Crippen molar-refractivity contribution in [3.05, 3.63) is 77.0 Å². The van der Waals surface area contributed by atoms with Crippen LogP contribution in [0.5, 0.6) is 5.75 Å². The van der Waals surface area contributed by atoms with Crippen LogP contribution in [0.15, 0.2) is 60.0 Å². The molecule has 0 fully saturated rings. The lowest BCUT2D eigenvalue weighted by molar-refractivity contribution is 0.0963. The van der Waals surface area contributed by atoms with Crippen LogP contribution in [-0.2, 0) is 7.05 Å². The Bertz CT molecular complexity index is 1440. The fourth-order valence-electron chi connectivity index (χ4n) is 3.23. The monoisotopic (exact) mass is 476 g/mol. The number of benzene rings is 1. The number of hydrogen-bond donors (Lipinski definition) is 3. The summed E-state index contributed by atoms with van der Waals surface area (Å²) in [6, 6.07) is 8.16. The van der Waals surface area contributed by atoms with Crippen LogP contribution < -0.4 is 26.2 Å². The number of aromatic nitrogens is 5. The predicted molar refractivity (Wildman–Crippen MR) is 128 cm³/mol. The fraction of sp³-hybridized carbons (Fsp3) is 0.130. The first-order valence-electron chi connectivity index (χ1n) is 10.3. The highest BCUT2D eigenvalue weighted by atomic mass is 19.1. The van der Waals surface area contributed by atoms with Crippen LogP contribution in [-0.4, -0.2) is 44.6 Å². The highest BCUT2D eigenvalue weighted by molar-refractivity contribution is 6.00. The van der Waals surface area contributed by atoms with E-state index in [2.05, 4.69) is 35.9 Å². The van der Waals surface area contributed by atoms with Crippen molar-refractivity contribution in [2.75, 3.05) is 24.8 Å². The number of ether oxygens (including phenoxy) is 1. The van der Waals surface area contributed by atoms with Crippen molar-refractivity contribution >= 4 is 28.9 Å². The lowest BCUT2D eigenvalue weighted by Crippen LogP contribution is -2.20. The van der Waals surface area contributed by atoms with Gasteiger partial charge in [-0.05, 0) is 12.1 Å². The minimum atomic E-state index is -0.556. The Kier molecular flexibility index (Phi) is 6.62. The quantitative estimate of drug-likeness (QED) is 0.368. The van der Waals surface area contributed by atoms with Gasteiger partial charge >= 0.3 is 0 Å². The third-order valence-electron chi connectivity index (χ3n) is 4.96. The van der Waals surface area contributed by atoms with Gasteiger partial charge in [0.15, 0.2) is 17.4 Å². The molecule has 0 aliphatic heterocycles. The normalized spacial score (nSPS) is 10.5. The molecule has 0 saturated heterocycles. The van der Waals surface area contributed by atoms with Crippen molar-refractivity contribution in [3.63, 3.8) is 0 Å². The topological polar surface area (TPSA) is 136 Å². The summed E-state index contributed by atoms with van der Waals surface area (Å²) in [6.45, 7) is 0. The maximum absolute atomic E-state index is 13.3. The number of nitrogens with zero attached hydrogens (tertiary/aromatic N) is 5. The van der Waals surface area contributed by atoms with Gasteiger partial charge in [-0.15, -0.1) is 0 Å². The number of methoxy groups -OCH3 is 1. The number of nitrogens with one attached hydrogen (secondary N) is 3. The Hall–Kier alpha value is -4.87. The van der Waals surface area contributed by atoms with Gasteiger partial charge < -0.3 is 25.3 Å². The first kappa shape index (κ1) is 23.3. The zero-order valence-corrected chi connectivity index (χ0v) is 19.0. The van der Waals surface area contributed by atoms with Gasteiger partial charge in [0.05, 0.1) is 48.3 Å². The van der Waals surface area contributed by atoms with Gasteiger partial charge in [-0.3, -0.25) is 9.59 Å². The van der Waals surface area contributed by atoms with Crippen molar-refractivity contribution in [1.29, 1.82) is 0 Å². The molecule has 11 nitrogen and oxygen atoms in total. The Labute approximate surface area is 199 Å². The third-order valence-corrected chi connectivity index (χ3v) is 4.96. The Morgan fingerprint density at radius 2 is 1.74 bits per heavy atom. The number of carbonyl (C=O) groups is 1. The van der Waals surface area contributed by atoms with E-state index in [0.29, 0.717) is 34.3 Å². The molecule has 1 aromatic carbocycles. The summed E-state index contributed by atoms with van der Waals surface area (Å²) in [4.78, 5) is 40.9. The molecule has 1 amide bonds. The smallest absolute Gasteiger partial charge is 0.255 e. The molecule has 0 spiro atoms. The Morgan fingerprint density at radius 3 is 2.43 bits per heavy atom. The summed E-state index contributed by atoms with van der Waals surface area (Å²) in [7, 11) is 4.58. The van der Waals surface area contributed by atoms with Crippen LogP contribution in [0.25, 0.3) is 11.4 Å². The second-order valence-electron chi connectivity index (χ2n) is 7.28. The number of halogens is 1. The van der Waals surface area contributed by atoms with Gasteiger partial charge in [0, 0.05) is 32.4 Å². The van der Waals surface area contributed by atoms with Crippen LogP contribution in [0.2, 0.25) is 0 Å². The molecule has 4 rings (SSSR count). The Morgan fingerprint density at radius 1 is 1.00 bits per heavy atom. The van der Waals surface area contributed by atoms with Gasteiger partial charge in [0.1, 0.15) is 11.6 Å². The molecule has 35 heavy (non-hydrogen) atoms. The number of hydrogen-bond acceptors (Lipinski definition) is 9. The number of aryl methyl sites for hydroxylation is 1. The molecule has 0 saturated carbocycles. The molecule has 0 atom stereocenters. The summed E-state index contributed by atoms with van der Waals surface area (Å²) in [5.74, 6) is 0.383. The van der Waals surface area contributed by atoms with E-state index in [9.17, 15) is 14.0 Å². The summed E-state index contributed by atoms with van der Waals surface area (Å²) < 4.78 is 20.2. The molecule has 3 heterocycles. The van der Waals surface area contributed by atoms with Crippen molar-refractivity contribution in [2.24, 2.45) is 7.05 Å². The zero-order chi connectivity index (χ0) is 24.9. The maximum atomic E-state index is 13.3. The molecule has 3 N–H and O–H groups in total. The fourth-order valence-corrected chi connectivity index (χ4v) is 3.23. The summed E-state index contributed by atoms with van der Waals surface area (Å²) in [6.07, 6.45) is 4.91. The van der Waals surface area contributed by atoms with E-state index in [4.69, 9.17) is 4.74 Å². The largest absolute Gasteiger partial charge is 0.494 e. The predicted octanol–water partition coefficient (Wildman–Crippen LogP) is 2.63. The molecule has 3 aromatic heterocycles. The van der Waals surface area contributed by atoms with Gasteiger partial charge in [-0.1, -0.05) is 6.07 Å². The summed E-state index contributed by atoms with van der Waals surface area (Å²) in [5, 5.41) is 8.73. The molecule has 0 unspecified atom stereocenters. The highest BCUT2D eigenvalue weighted by Gasteiger charge is 2.17. The number of para-hydroxylation sites is 1. The van der Waals surface area contributed by atoms with Crippen LogP contribution in [0.1, 0.15) is 10.4 Å². The first-order valence-corrected chi connectivity index (χ1v) is 10.3. The van der Waals surface area contributed by atoms with Crippen LogP contribution in [0.4, 0.5) is 27.4 Å². The van der Waals surface area contributed by atoms with Crippen molar-refractivity contribution in [2.45, 2.75) is 0 Å². The van der Waals surface area contributed by atoms with Gasteiger partial charge in [-0.25, -0.2) is 24.3 Å². The maximum Gasteiger partial charge on any atom is 0.255 e. The standard InChI is InChI=1S/C23H21FN8O3/c1-25-23(34)15-11-26-18(31-19-8-20(33)32(2)12-29-19)7-17(15)30-16-6-4-5-14(21(16)35-3)22-27-9-13(24)10-28-22/h4-12H,1-3H3,(H,25,34)(H2,26,30,31). The minimum Gasteiger partial charge on any atom is -0.494 e. The minimum absolute atomic E-state index is 0.243. The van der Waals surface area contributed by atoms with E-state index in [1.165, 1.54) is 37.3 Å². The third kappa shape index (κ3) is 5.05. The summed E-state index contributed by atoms with van der Waals surface area (Å²) >= 11 is 0. The highest BCUT2D eigenvalue weighted by Crippen LogP contribution is 2.37. The first-order chi connectivity index (χ1) is 16.9. The molecule has 12 heteroatoms. The summed E-state index contributed by atoms with van der Waals surface area (Å²) in [5.41, 5.74) is 1.46. The molecule has 4 aromatic rings. The Balaban J connectivity index is 1.74. The molecule has 178 valence electrons. The number of rotatable bonds is 7. The second kappa shape index (κ2) is 9.95. The number of anilines is 4. The van der Waals surface area contributed by atoms with Crippen molar-refractivity contribution < 1.29 is 13.9 Å². The van der Waals surface area contributed by atoms with Gasteiger partial charge in [-0.2, -0.15) is 0 Å². The van der Waals surface area contributed by atoms with E-state index < -0.39 is 5.82 Å². The average molecular weight is 476 g/mol. The van der Waals surface area contributed by atoms with E-state index in [1.807, 2.05) is 0 Å². The van der Waals surface area contributed by atoms with E-state index in [0.717, 1.165) is 12.4 Å². The van der Waals surface area contributed by atoms with E-state index >= 15 is 0 Å². The van der Waals surface area contributed by atoms with E-state index in [1.54, 1.807) is 31.3 Å². The van der Waals surface area contributed by atoms with Crippen molar-refractivity contribution in [1.82, 2.24) is 29.8 Å². The van der Waals surface area contributed by atoms with Crippen LogP contribution >= 0.6 is 0 Å². The van der Waals surface area contributed by atoms with Gasteiger partial charge in [0.25, 0.3) is 11.5 Å². The number of carbonyl (C=O) groups excluding carboxylic acids is 1. The van der Waals surface area contributed by atoms with Crippen LogP contribution in [0, 0.1) is 5.82 Å². The molecule has 0 aliphatic rings. The van der Waals surface area contributed by atoms with Gasteiger partial charge in [0.2, 0.25) is 0 Å². The molecule has 0 radical (unpaired) electrons. The second-order valence-corrected chi connectivity index (χ2v) is 7.28. The zero-order valence-electron chi connectivity index (χ0n) is 19.0. The molecular weight excluding hydrogens is 455 g/mol.